The van der Waals surface area contributed by atoms with Crippen molar-refractivity contribution in [3.63, 3.8) is 0 Å². The monoisotopic (exact) mass is 457 g/mol. The normalized spacial score (nSPS) is 21.2. The second-order valence-electron chi connectivity index (χ2n) is 10.7. The molecule has 1 fully saturated rings. The van der Waals surface area contributed by atoms with Gasteiger partial charge in [0.15, 0.2) is 0 Å². The quantitative estimate of drug-likeness (QED) is 0.371. The lowest BCUT2D eigenvalue weighted by molar-refractivity contribution is -0.140. The van der Waals surface area contributed by atoms with Crippen molar-refractivity contribution in [2.24, 2.45) is 23.7 Å². The number of hydrogen-bond donors (Lipinski definition) is 0. The fourth-order valence-corrected chi connectivity index (χ4v) is 5.89. The van der Waals surface area contributed by atoms with Gasteiger partial charge in [0.2, 0.25) is 5.91 Å². The molecule has 0 saturated heterocycles. The first-order valence-corrected chi connectivity index (χ1v) is 12.9. The van der Waals surface area contributed by atoms with Gasteiger partial charge >= 0.3 is 5.97 Å². The van der Waals surface area contributed by atoms with E-state index >= 15 is 0 Å². The maximum absolute atomic E-state index is 13.2. The maximum Gasteiger partial charge on any atom is 0.305 e. The minimum atomic E-state index is -0.133. The Bertz CT molecular complexity index is 815. The molecule has 186 valence electrons. The molecule has 2 rings (SSSR count). The van der Waals surface area contributed by atoms with Gasteiger partial charge in [-0.2, -0.15) is 0 Å². The second-order valence-corrected chi connectivity index (χ2v) is 10.7. The van der Waals surface area contributed by atoms with Crippen molar-refractivity contribution in [1.82, 2.24) is 4.90 Å². The van der Waals surface area contributed by atoms with Crippen molar-refractivity contribution < 1.29 is 14.3 Å². The van der Waals surface area contributed by atoms with Gasteiger partial charge in [-0.1, -0.05) is 20.3 Å². The molecule has 4 atom stereocenters. The highest BCUT2D eigenvalue weighted by molar-refractivity contribution is 5.76. The third kappa shape index (κ3) is 6.61. The van der Waals surface area contributed by atoms with Gasteiger partial charge in [-0.3, -0.25) is 9.59 Å². The molecule has 0 bridgehead atoms. The van der Waals surface area contributed by atoms with Crippen LogP contribution in [0.25, 0.3) is 0 Å². The van der Waals surface area contributed by atoms with Crippen LogP contribution in [-0.4, -0.2) is 30.9 Å². The van der Waals surface area contributed by atoms with E-state index in [1.165, 1.54) is 53.3 Å². The molecule has 4 heteroatoms. The van der Waals surface area contributed by atoms with Crippen LogP contribution in [0, 0.1) is 58.3 Å². The number of carbonyl (C=O) groups is 2. The van der Waals surface area contributed by atoms with Crippen LogP contribution in [-0.2, 0) is 20.9 Å². The van der Waals surface area contributed by atoms with E-state index in [2.05, 4.69) is 48.5 Å². The van der Waals surface area contributed by atoms with Gasteiger partial charge < -0.3 is 9.64 Å². The van der Waals surface area contributed by atoms with E-state index in [9.17, 15) is 9.59 Å². The Hall–Kier alpha value is -1.84. The number of ether oxygens (including phenoxy) is 1. The average molecular weight is 458 g/mol. The molecule has 1 aromatic rings. The molecular formula is C29H47NO3. The molecule has 0 heterocycles. The van der Waals surface area contributed by atoms with Crippen LogP contribution < -0.4 is 0 Å². The molecular weight excluding hydrogens is 410 g/mol. The SMILES string of the molecule is COC(=O)CCC[C@H](CCC(=O)N(C)Cc1c(C)c(C)c(C)c(C)c1C)[C@H]1CC[C@@H](C)[C@H]1C. The Labute approximate surface area is 202 Å². The average Bonchev–Trinajstić information content (AvgIpc) is 3.13. The Morgan fingerprint density at radius 2 is 1.48 bits per heavy atom. The van der Waals surface area contributed by atoms with Crippen molar-refractivity contribution in [3.8, 4) is 0 Å². The van der Waals surface area contributed by atoms with Gasteiger partial charge in [0, 0.05) is 26.4 Å². The Morgan fingerprint density at radius 1 is 0.909 bits per heavy atom. The summed E-state index contributed by atoms with van der Waals surface area (Å²) in [6, 6.07) is 0. The number of hydrogen-bond acceptors (Lipinski definition) is 3. The molecule has 0 aliphatic heterocycles. The zero-order valence-corrected chi connectivity index (χ0v) is 22.6. The molecule has 0 spiro atoms. The van der Waals surface area contributed by atoms with Crippen LogP contribution >= 0.6 is 0 Å². The molecule has 0 N–H and O–H groups in total. The number of methoxy groups -OCH3 is 1. The molecule has 4 nitrogen and oxygen atoms in total. The van der Waals surface area contributed by atoms with E-state index < -0.39 is 0 Å². The van der Waals surface area contributed by atoms with E-state index in [0.29, 0.717) is 37.1 Å². The minimum Gasteiger partial charge on any atom is -0.469 e. The standard InChI is InChI=1S/C29H47NO3/c1-18-13-15-26(19(18)2)25(11-10-12-29(32)33-9)14-16-28(31)30(8)17-27-23(6)21(4)20(3)22(5)24(27)7/h18-19,25-26H,10-17H2,1-9H3/t18-,19-,25-,26+/m1/s1. The van der Waals surface area contributed by atoms with Crippen molar-refractivity contribution in [2.45, 2.75) is 100.0 Å². The number of nitrogens with zero attached hydrogens (tertiary/aromatic N) is 1. The third-order valence-corrected chi connectivity index (χ3v) is 9.02. The van der Waals surface area contributed by atoms with Crippen LogP contribution in [0.4, 0.5) is 0 Å². The summed E-state index contributed by atoms with van der Waals surface area (Å²) in [5, 5.41) is 0. The molecule has 0 radical (unpaired) electrons. The topological polar surface area (TPSA) is 46.6 Å². The van der Waals surface area contributed by atoms with Crippen LogP contribution in [0.15, 0.2) is 0 Å². The van der Waals surface area contributed by atoms with Crippen LogP contribution in [0.2, 0.25) is 0 Å². The lowest BCUT2D eigenvalue weighted by Gasteiger charge is -2.29. The van der Waals surface area contributed by atoms with Gasteiger partial charge in [-0.15, -0.1) is 0 Å². The van der Waals surface area contributed by atoms with Crippen LogP contribution in [0.1, 0.15) is 92.2 Å². The van der Waals surface area contributed by atoms with E-state index in [1.54, 1.807) is 0 Å². The maximum atomic E-state index is 13.2. The van der Waals surface area contributed by atoms with E-state index in [-0.39, 0.29) is 11.9 Å². The molecule has 1 aromatic carbocycles. The highest BCUT2D eigenvalue weighted by atomic mass is 16.5. The predicted octanol–water partition coefficient (Wildman–Crippen LogP) is 6.61. The van der Waals surface area contributed by atoms with Gasteiger partial charge in [0.05, 0.1) is 7.11 Å². The van der Waals surface area contributed by atoms with Gasteiger partial charge in [-0.05, 0) is 117 Å². The largest absolute Gasteiger partial charge is 0.469 e. The first-order chi connectivity index (χ1) is 15.5. The summed E-state index contributed by atoms with van der Waals surface area (Å²) < 4.78 is 4.83. The lowest BCUT2D eigenvalue weighted by atomic mass is 9.77. The summed E-state index contributed by atoms with van der Waals surface area (Å²) in [4.78, 5) is 26.7. The smallest absolute Gasteiger partial charge is 0.305 e. The molecule has 1 aliphatic rings. The summed E-state index contributed by atoms with van der Waals surface area (Å²) >= 11 is 0. The third-order valence-electron chi connectivity index (χ3n) is 9.02. The predicted molar refractivity (Wildman–Crippen MR) is 136 cm³/mol. The first-order valence-electron chi connectivity index (χ1n) is 12.9. The molecule has 1 aliphatic carbocycles. The minimum absolute atomic E-state index is 0.133. The summed E-state index contributed by atoms with van der Waals surface area (Å²) in [5.74, 6) is 2.68. The van der Waals surface area contributed by atoms with E-state index in [4.69, 9.17) is 4.74 Å². The summed E-state index contributed by atoms with van der Waals surface area (Å²) in [7, 11) is 3.40. The highest BCUT2D eigenvalue weighted by Crippen LogP contribution is 2.44. The van der Waals surface area contributed by atoms with Gasteiger partial charge in [0.1, 0.15) is 0 Å². The van der Waals surface area contributed by atoms with Crippen molar-refractivity contribution in [1.29, 1.82) is 0 Å². The van der Waals surface area contributed by atoms with Gasteiger partial charge in [-0.25, -0.2) is 0 Å². The zero-order valence-electron chi connectivity index (χ0n) is 22.6. The fraction of sp³-hybridized carbons (Fsp3) is 0.724. The first kappa shape index (κ1) is 27.4. The van der Waals surface area contributed by atoms with Crippen LogP contribution in [0.3, 0.4) is 0 Å². The van der Waals surface area contributed by atoms with Crippen LogP contribution in [0.5, 0.6) is 0 Å². The Kier molecular flexibility index (Phi) is 10.00. The van der Waals surface area contributed by atoms with Crippen molar-refractivity contribution >= 4 is 11.9 Å². The Balaban J connectivity index is 2.04. The second kappa shape index (κ2) is 12.0. The van der Waals surface area contributed by atoms with Crippen molar-refractivity contribution in [3.05, 3.63) is 33.4 Å². The fourth-order valence-electron chi connectivity index (χ4n) is 5.89. The number of carbonyl (C=O) groups excluding carboxylic acids is 2. The number of esters is 1. The molecule has 1 amide bonds. The van der Waals surface area contributed by atoms with E-state index in [0.717, 1.165) is 25.2 Å². The molecule has 0 aromatic heterocycles. The van der Waals surface area contributed by atoms with Gasteiger partial charge in [0.25, 0.3) is 0 Å². The molecule has 1 saturated carbocycles. The summed E-state index contributed by atoms with van der Waals surface area (Å²) in [5.41, 5.74) is 7.94. The number of benzene rings is 1. The van der Waals surface area contributed by atoms with E-state index in [1.807, 2.05) is 11.9 Å². The summed E-state index contributed by atoms with van der Waals surface area (Å²) in [6.07, 6.45) is 6.34. The van der Waals surface area contributed by atoms with Crippen molar-refractivity contribution in [2.75, 3.05) is 14.2 Å². The molecule has 0 unspecified atom stereocenters. The number of amides is 1. The molecule has 33 heavy (non-hydrogen) atoms. The zero-order chi connectivity index (χ0) is 24.9. The lowest BCUT2D eigenvalue weighted by Crippen LogP contribution is -2.29. The Morgan fingerprint density at radius 3 is 2.00 bits per heavy atom. The highest BCUT2D eigenvalue weighted by Gasteiger charge is 2.35. The summed E-state index contributed by atoms with van der Waals surface area (Å²) in [6.45, 7) is 16.3. The number of rotatable bonds is 10.